The zero-order valence-electron chi connectivity index (χ0n) is 16.1. The van der Waals surface area contributed by atoms with Crippen LogP contribution in [0.4, 0.5) is 5.82 Å². The summed E-state index contributed by atoms with van der Waals surface area (Å²) in [6, 6.07) is 14.9. The highest BCUT2D eigenvalue weighted by atomic mass is 35.5. The molecule has 0 radical (unpaired) electrons. The average molecular weight is 411 g/mol. The maximum Gasteiger partial charge on any atom is 0.294 e. The molecule has 7 heteroatoms. The molecule has 4 rings (SSSR count). The summed E-state index contributed by atoms with van der Waals surface area (Å²) >= 11 is 5.89. The second kappa shape index (κ2) is 8.66. The van der Waals surface area contributed by atoms with Gasteiger partial charge in [-0.05, 0) is 42.7 Å². The molecule has 1 fully saturated rings. The maximum atomic E-state index is 13.1. The van der Waals surface area contributed by atoms with Crippen LogP contribution in [0.3, 0.4) is 0 Å². The fourth-order valence-electron chi connectivity index (χ4n) is 3.64. The molecule has 0 unspecified atom stereocenters. The highest BCUT2D eigenvalue weighted by Crippen LogP contribution is 2.18. The lowest BCUT2D eigenvalue weighted by Gasteiger charge is -2.19. The van der Waals surface area contributed by atoms with Crippen molar-refractivity contribution in [2.24, 2.45) is 0 Å². The Morgan fingerprint density at radius 1 is 1.07 bits per heavy atom. The van der Waals surface area contributed by atoms with Crippen molar-refractivity contribution in [2.45, 2.75) is 32.4 Å². The number of benzene rings is 2. The van der Waals surface area contributed by atoms with E-state index in [2.05, 4.69) is 10.3 Å². The lowest BCUT2D eigenvalue weighted by molar-refractivity contribution is -0.121. The quantitative estimate of drug-likeness (QED) is 0.676. The highest BCUT2D eigenvalue weighted by molar-refractivity contribution is 6.30. The van der Waals surface area contributed by atoms with Gasteiger partial charge in [-0.2, -0.15) is 0 Å². The number of para-hydroxylation sites is 2. The number of carbonyl (C=O) groups is 1. The zero-order valence-corrected chi connectivity index (χ0v) is 16.9. The Balaban J connectivity index is 1.50. The van der Waals surface area contributed by atoms with Crippen LogP contribution in [0.2, 0.25) is 5.02 Å². The summed E-state index contributed by atoms with van der Waals surface area (Å²) in [4.78, 5) is 32.1. The minimum absolute atomic E-state index is 0.101. The van der Waals surface area contributed by atoms with E-state index in [1.807, 2.05) is 41.3 Å². The first-order valence-electron chi connectivity index (χ1n) is 9.87. The monoisotopic (exact) mass is 410 g/mol. The first kappa shape index (κ1) is 19.5. The van der Waals surface area contributed by atoms with Crippen molar-refractivity contribution in [3.8, 4) is 0 Å². The molecule has 0 spiro atoms. The van der Waals surface area contributed by atoms with Crippen molar-refractivity contribution in [3.05, 3.63) is 69.5 Å². The standard InChI is InChI=1S/C22H23ClN4O2/c23-17-9-7-16(8-10-17)15-24-20(28)11-14-27-19-6-2-1-5-18(19)25-21(22(27)29)26-12-3-4-13-26/h1-2,5-10H,3-4,11-15H2,(H,24,28). The number of anilines is 1. The predicted octanol–water partition coefficient (Wildman–Crippen LogP) is 3.36. The topological polar surface area (TPSA) is 67.2 Å². The van der Waals surface area contributed by atoms with Crippen LogP contribution < -0.4 is 15.8 Å². The molecule has 0 saturated carbocycles. The fraction of sp³-hybridized carbons (Fsp3) is 0.318. The van der Waals surface area contributed by atoms with Crippen LogP contribution in [0, 0.1) is 0 Å². The van der Waals surface area contributed by atoms with E-state index >= 15 is 0 Å². The molecule has 1 N–H and O–H groups in total. The Hall–Kier alpha value is -2.86. The third-order valence-electron chi connectivity index (χ3n) is 5.21. The first-order valence-corrected chi connectivity index (χ1v) is 10.3. The van der Waals surface area contributed by atoms with Gasteiger partial charge in [0.2, 0.25) is 5.91 Å². The summed E-state index contributed by atoms with van der Waals surface area (Å²) in [5, 5.41) is 3.57. The van der Waals surface area contributed by atoms with Crippen molar-refractivity contribution in [2.75, 3.05) is 18.0 Å². The van der Waals surface area contributed by atoms with Gasteiger partial charge < -0.3 is 14.8 Å². The number of fused-ring (bicyclic) bond motifs is 1. The number of aromatic nitrogens is 2. The minimum atomic E-state index is -0.129. The molecule has 2 aromatic carbocycles. The molecule has 1 aliphatic rings. The second-order valence-electron chi connectivity index (χ2n) is 7.23. The Labute approximate surface area is 174 Å². The summed E-state index contributed by atoms with van der Waals surface area (Å²) in [5.74, 6) is 0.387. The number of hydrogen-bond donors (Lipinski definition) is 1. The molecule has 1 aromatic heterocycles. The molecule has 150 valence electrons. The lowest BCUT2D eigenvalue weighted by atomic mass is 10.2. The predicted molar refractivity (Wildman–Crippen MR) is 115 cm³/mol. The number of nitrogens with one attached hydrogen (secondary N) is 1. The van der Waals surface area contributed by atoms with Gasteiger partial charge in [-0.25, -0.2) is 4.98 Å². The Morgan fingerprint density at radius 2 is 1.79 bits per heavy atom. The van der Waals surface area contributed by atoms with Gasteiger partial charge in [-0.1, -0.05) is 35.9 Å². The van der Waals surface area contributed by atoms with E-state index in [1.54, 1.807) is 16.7 Å². The van der Waals surface area contributed by atoms with E-state index in [4.69, 9.17) is 11.6 Å². The number of carbonyl (C=O) groups excluding carboxylic acids is 1. The molecule has 2 heterocycles. The van der Waals surface area contributed by atoms with Crippen LogP contribution in [0.15, 0.2) is 53.3 Å². The lowest BCUT2D eigenvalue weighted by Crippen LogP contribution is -2.33. The van der Waals surface area contributed by atoms with E-state index in [9.17, 15) is 9.59 Å². The van der Waals surface area contributed by atoms with E-state index in [-0.39, 0.29) is 17.9 Å². The van der Waals surface area contributed by atoms with Crippen LogP contribution in [-0.2, 0) is 17.9 Å². The first-order chi connectivity index (χ1) is 14.1. The van der Waals surface area contributed by atoms with E-state index < -0.39 is 0 Å². The van der Waals surface area contributed by atoms with Gasteiger partial charge in [0.25, 0.3) is 5.56 Å². The number of amides is 1. The number of rotatable bonds is 6. The molecule has 6 nitrogen and oxygen atoms in total. The Morgan fingerprint density at radius 3 is 2.55 bits per heavy atom. The average Bonchev–Trinajstić information content (AvgIpc) is 3.27. The van der Waals surface area contributed by atoms with Crippen molar-refractivity contribution in [1.82, 2.24) is 14.9 Å². The number of aryl methyl sites for hydroxylation is 1. The van der Waals surface area contributed by atoms with Gasteiger partial charge in [0.15, 0.2) is 5.82 Å². The molecular weight excluding hydrogens is 388 g/mol. The summed E-state index contributed by atoms with van der Waals surface area (Å²) in [6.45, 7) is 2.44. The third-order valence-corrected chi connectivity index (χ3v) is 5.46. The van der Waals surface area contributed by atoms with Gasteiger partial charge in [0.1, 0.15) is 0 Å². The Bertz CT molecular complexity index is 1070. The largest absolute Gasteiger partial charge is 0.352 e. The van der Waals surface area contributed by atoms with Crippen molar-refractivity contribution in [1.29, 1.82) is 0 Å². The molecule has 1 amide bonds. The summed E-state index contributed by atoms with van der Waals surface area (Å²) < 4.78 is 1.68. The van der Waals surface area contributed by atoms with E-state index in [0.717, 1.165) is 42.5 Å². The summed E-state index contributed by atoms with van der Waals surface area (Å²) in [5.41, 5.74) is 2.38. The van der Waals surface area contributed by atoms with Gasteiger partial charge in [-0.15, -0.1) is 0 Å². The smallest absolute Gasteiger partial charge is 0.294 e. The maximum absolute atomic E-state index is 13.1. The van der Waals surface area contributed by atoms with Gasteiger partial charge in [-0.3, -0.25) is 9.59 Å². The van der Waals surface area contributed by atoms with E-state index in [1.165, 1.54) is 0 Å². The zero-order chi connectivity index (χ0) is 20.2. The molecular formula is C22H23ClN4O2. The van der Waals surface area contributed by atoms with Gasteiger partial charge >= 0.3 is 0 Å². The number of halogens is 1. The molecule has 0 aliphatic carbocycles. The number of nitrogens with zero attached hydrogens (tertiary/aromatic N) is 3. The van der Waals surface area contributed by atoms with Crippen LogP contribution in [0.1, 0.15) is 24.8 Å². The highest BCUT2D eigenvalue weighted by Gasteiger charge is 2.20. The van der Waals surface area contributed by atoms with Crippen LogP contribution in [0.25, 0.3) is 11.0 Å². The Kier molecular flexibility index (Phi) is 5.81. The van der Waals surface area contributed by atoms with Crippen molar-refractivity contribution < 1.29 is 4.79 Å². The van der Waals surface area contributed by atoms with Crippen LogP contribution in [-0.4, -0.2) is 28.5 Å². The van der Waals surface area contributed by atoms with Gasteiger partial charge in [0.05, 0.1) is 11.0 Å². The van der Waals surface area contributed by atoms with E-state index in [0.29, 0.717) is 23.9 Å². The molecule has 29 heavy (non-hydrogen) atoms. The van der Waals surface area contributed by atoms with Crippen LogP contribution in [0.5, 0.6) is 0 Å². The van der Waals surface area contributed by atoms with Crippen molar-refractivity contribution >= 4 is 34.4 Å². The minimum Gasteiger partial charge on any atom is -0.352 e. The molecule has 1 aliphatic heterocycles. The molecule has 3 aromatic rings. The summed E-state index contributed by atoms with van der Waals surface area (Å²) in [7, 11) is 0. The van der Waals surface area contributed by atoms with Crippen molar-refractivity contribution in [3.63, 3.8) is 0 Å². The number of hydrogen-bond acceptors (Lipinski definition) is 4. The normalized spacial score (nSPS) is 13.8. The third kappa shape index (κ3) is 4.43. The molecule has 0 atom stereocenters. The fourth-order valence-corrected chi connectivity index (χ4v) is 3.77. The van der Waals surface area contributed by atoms with Crippen LogP contribution >= 0.6 is 11.6 Å². The SMILES string of the molecule is O=C(CCn1c(=O)c(N2CCCC2)nc2ccccc21)NCc1ccc(Cl)cc1. The summed E-state index contributed by atoms with van der Waals surface area (Å²) in [6.07, 6.45) is 2.36. The second-order valence-corrected chi connectivity index (χ2v) is 7.66. The molecule has 0 bridgehead atoms. The van der Waals surface area contributed by atoms with Gasteiger partial charge in [0, 0.05) is 37.6 Å². The molecule has 1 saturated heterocycles.